The van der Waals surface area contributed by atoms with Gasteiger partial charge in [0.25, 0.3) is 5.91 Å². The van der Waals surface area contributed by atoms with Crippen LogP contribution < -0.4 is 5.43 Å². The van der Waals surface area contributed by atoms with Crippen molar-refractivity contribution in [2.45, 2.75) is 13.8 Å². The molecule has 140 valence electrons. The monoisotopic (exact) mass is 367 g/mol. The van der Waals surface area contributed by atoms with Gasteiger partial charge in [-0.15, -0.1) is 0 Å². The molecule has 1 saturated heterocycles. The summed E-state index contributed by atoms with van der Waals surface area (Å²) in [5, 5.41) is 10.6. The van der Waals surface area contributed by atoms with Gasteiger partial charge in [0.1, 0.15) is 17.1 Å². The number of aromatic nitrogens is 3. The summed E-state index contributed by atoms with van der Waals surface area (Å²) in [6.45, 7) is 6.13. The lowest BCUT2D eigenvalue weighted by atomic mass is 10.1. The van der Waals surface area contributed by atoms with E-state index >= 15 is 0 Å². The molecule has 1 amide bonds. The first-order valence-corrected chi connectivity index (χ1v) is 8.86. The quantitative estimate of drug-likeness (QED) is 0.760. The van der Waals surface area contributed by atoms with Crippen molar-refractivity contribution in [2.75, 3.05) is 26.3 Å². The predicted molar refractivity (Wildman–Crippen MR) is 98.4 cm³/mol. The number of nitrogens with one attached hydrogen (secondary N) is 1. The van der Waals surface area contributed by atoms with E-state index in [0.29, 0.717) is 54.7 Å². The Bertz CT molecular complexity index is 942. The van der Waals surface area contributed by atoms with Crippen molar-refractivity contribution in [3.8, 4) is 17.1 Å². The fourth-order valence-electron chi connectivity index (χ4n) is 3.14. The zero-order chi connectivity index (χ0) is 18.8. The number of ether oxygens (including phenoxy) is 1. The van der Waals surface area contributed by atoms with Gasteiger partial charge >= 0.3 is 0 Å². The summed E-state index contributed by atoms with van der Waals surface area (Å²) >= 11 is 0. The topological polar surface area (TPSA) is 85.4 Å². The van der Waals surface area contributed by atoms with Crippen molar-refractivity contribution in [1.29, 1.82) is 0 Å². The van der Waals surface area contributed by atoms with Crippen molar-refractivity contribution in [3.05, 3.63) is 53.4 Å². The smallest absolute Gasteiger partial charge is 0.269 e. The minimum Gasteiger partial charge on any atom is -0.379 e. The minimum absolute atomic E-state index is 0.216. The number of para-hydroxylation sites is 1. The van der Waals surface area contributed by atoms with Gasteiger partial charge in [0.15, 0.2) is 0 Å². The molecule has 1 aliphatic rings. The molecule has 27 heavy (non-hydrogen) atoms. The number of hydrogen-bond acceptors (Lipinski definition) is 6. The molecule has 0 spiro atoms. The van der Waals surface area contributed by atoms with Crippen LogP contribution >= 0.6 is 0 Å². The Balaban J connectivity index is 1.78. The van der Waals surface area contributed by atoms with Crippen LogP contribution in [0.1, 0.15) is 21.8 Å². The van der Waals surface area contributed by atoms with Crippen LogP contribution in [0.3, 0.4) is 0 Å². The lowest BCUT2D eigenvalue weighted by molar-refractivity contribution is 0.0126. The normalized spacial score (nSPS) is 15.0. The number of hydrogen-bond donors (Lipinski definition) is 1. The second kappa shape index (κ2) is 7.34. The van der Waals surface area contributed by atoms with E-state index in [2.05, 4.69) is 15.7 Å². The first kappa shape index (κ1) is 17.4. The molecule has 4 rings (SSSR count). The molecule has 1 N–H and O–H groups in total. The van der Waals surface area contributed by atoms with Gasteiger partial charge in [-0.25, -0.2) is 9.69 Å². The molecule has 0 atom stereocenters. The van der Waals surface area contributed by atoms with Crippen LogP contribution in [0.25, 0.3) is 17.1 Å². The molecule has 3 heterocycles. The van der Waals surface area contributed by atoms with Crippen LogP contribution in [0, 0.1) is 13.8 Å². The highest BCUT2D eigenvalue weighted by atomic mass is 16.5. The summed E-state index contributed by atoms with van der Waals surface area (Å²) in [6, 6.07) is 11.5. The van der Waals surface area contributed by atoms with Gasteiger partial charge in [-0.3, -0.25) is 10.2 Å². The molecular formula is C19H21N5O3. The Morgan fingerprint density at radius 2 is 1.89 bits per heavy atom. The van der Waals surface area contributed by atoms with Gasteiger partial charge in [-0.1, -0.05) is 23.4 Å². The van der Waals surface area contributed by atoms with Crippen molar-refractivity contribution in [3.63, 3.8) is 0 Å². The number of carbonyl (C=O) groups excluding carboxylic acids is 1. The molecule has 8 nitrogen and oxygen atoms in total. The largest absolute Gasteiger partial charge is 0.379 e. The van der Waals surface area contributed by atoms with Gasteiger partial charge in [-0.2, -0.15) is 5.10 Å². The summed E-state index contributed by atoms with van der Waals surface area (Å²) in [5.41, 5.74) is 6.10. The third-order valence-corrected chi connectivity index (χ3v) is 4.43. The molecule has 3 aromatic rings. The number of amides is 1. The molecule has 0 bridgehead atoms. The Kier molecular flexibility index (Phi) is 4.74. The summed E-state index contributed by atoms with van der Waals surface area (Å²) in [4.78, 5) is 13.1. The molecule has 0 unspecified atom stereocenters. The summed E-state index contributed by atoms with van der Waals surface area (Å²) in [5.74, 6) is 0.454. The first-order chi connectivity index (χ1) is 13.1. The molecule has 0 saturated carbocycles. The summed E-state index contributed by atoms with van der Waals surface area (Å²) < 4.78 is 12.3. The lowest BCUT2D eigenvalue weighted by Crippen LogP contribution is -2.48. The molecule has 0 aliphatic carbocycles. The number of aryl methyl sites for hydroxylation is 2. The van der Waals surface area contributed by atoms with E-state index < -0.39 is 0 Å². The van der Waals surface area contributed by atoms with Gasteiger partial charge in [0.2, 0.25) is 0 Å². The van der Waals surface area contributed by atoms with Crippen LogP contribution in [0.4, 0.5) is 0 Å². The Hall–Kier alpha value is -2.97. The van der Waals surface area contributed by atoms with Crippen LogP contribution in [0.2, 0.25) is 0 Å². The van der Waals surface area contributed by atoms with Crippen LogP contribution in [-0.4, -0.2) is 52.2 Å². The van der Waals surface area contributed by atoms with E-state index in [0.717, 1.165) is 5.69 Å². The van der Waals surface area contributed by atoms with Crippen LogP contribution in [-0.2, 0) is 4.74 Å². The molecule has 8 heteroatoms. The highest BCUT2D eigenvalue weighted by molar-refractivity contribution is 6.00. The minimum atomic E-state index is -0.216. The standard InChI is InChI=1S/C19H21N5O3/c1-13-12-16(22-27-13)18-17(19(25)21-23-8-10-26-11-9-23)14(2)20-24(18)15-6-4-3-5-7-15/h3-7,12H,8-11H2,1-2H3,(H,21,25). The maximum Gasteiger partial charge on any atom is 0.269 e. The van der Waals surface area contributed by atoms with Crippen LogP contribution in [0.15, 0.2) is 40.9 Å². The lowest BCUT2D eigenvalue weighted by Gasteiger charge is -2.27. The van der Waals surface area contributed by atoms with Gasteiger partial charge in [0.05, 0.1) is 30.2 Å². The maximum atomic E-state index is 13.1. The van der Waals surface area contributed by atoms with Gasteiger partial charge in [0, 0.05) is 19.2 Å². The highest BCUT2D eigenvalue weighted by Gasteiger charge is 2.27. The Morgan fingerprint density at radius 3 is 2.56 bits per heavy atom. The number of hydrazine groups is 1. The summed E-state index contributed by atoms with van der Waals surface area (Å²) in [6.07, 6.45) is 0. The zero-order valence-electron chi connectivity index (χ0n) is 15.3. The van der Waals surface area contributed by atoms with E-state index in [1.54, 1.807) is 10.7 Å². The second-order valence-corrected chi connectivity index (χ2v) is 6.42. The number of carbonyl (C=O) groups is 1. The van der Waals surface area contributed by atoms with Gasteiger partial charge in [-0.05, 0) is 26.0 Å². The molecule has 1 fully saturated rings. The summed E-state index contributed by atoms with van der Waals surface area (Å²) in [7, 11) is 0. The highest BCUT2D eigenvalue weighted by Crippen LogP contribution is 2.29. The van der Waals surface area contributed by atoms with Crippen molar-refractivity contribution in [1.82, 2.24) is 25.4 Å². The van der Waals surface area contributed by atoms with Crippen molar-refractivity contribution >= 4 is 5.91 Å². The molecule has 2 aromatic heterocycles. The molecule has 1 aliphatic heterocycles. The molecule has 0 radical (unpaired) electrons. The van der Waals surface area contributed by atoms with E-state index in [-0.39, 0.29) is 5.91 Å². The predicted octanol–water partition coefficient (Wildman–Crippen LogP) is 2.12. The fraction of sp³-hybridized carbons (Fsp3) is 0.316. The van der Waals surface area contributed by atoms with E-state index in [1.165, 1.54) is 0 Å². The SMILES string of the molecule is Cc1cc(-c2c(C(=O)NN3CCOCC3)c(C)nn2-c2ccccc2)no1. The van der Waals surface area contributed by atoms with Crippen molar-refractivity contribution < 1.29 is 14.1 Å². The molecule has 1 aromatic carbocycles. The third-order valence-electron chi connectivity index (χ3n) is 4.43. The number of rotatable bonds is 4. The number of morpholine rings is 1. The Labute approximate surface area is 156 Å². The molecular weight excluding hydrogens is 346 g/mol. The van der Waals surface area contributed by atoms with Gasteiger partial charge < -0.3 is 9.26 Å². The fourth-order valence-corrected chi connectivity index (χ4v) is 3.14. The average Bonchev–Trinajstić information content (AvgIpc) is 3.26. The Morgan fingerprint density at radius 1 is 1.15 bits per heavy atom. The second-order valence-electron chi connectivity index (χ2n) is 6.42. The first-order valence-electron chi connectivity index (χ1n) is 8.86. The number of nitrogens with zero attached hydrogens (tertiary/aromatic N) is 4. The van der Waals surface area contributed by atoms with Crippen molar-refractivity contribution in [2.24, 2.45) is 0 Å². The van der Waals surface area contributed by atoms with Crippen LogP contribution in [0.5, 0.6) is 0 Å². The number of benzene rings is 1. The maximum absolute atomic E-state index is 13.1. The average molecular weight is 367 g/mol. The van der Waals surface area contributed by atoms with E-state index in [1.807, 2.05) is 49.2 Å². The van der Waals surface area contributed by atoms with E-state index in [4.69, 9.17) is 9.26 Å². The third kappa shape index (κ3) is 3.49. The van der Waals surface area contributed by atoms with E-state index in [9.17, 15) is 4.79 Å². The zero-order valence-corrected chi connectivity index (χ0v) is 15.3.